The van der Waals surface area contributed by atoms with Gasteiger partial charge in [0.2, 0.25) is 0 Å². The molecule has 0 fully saturated rings. The first kappa shape index (κ1) is 24.0. The van der Waals surface area contributed by atoms with Gasteiger partial charge in [-0.2, -0.15) is 5.26 Å². The minimum atomic E-state index is -1.32. The van der Waals surface area contributed by atoms with Crippen molar-refractivity contribution in [2.45, 2.75) is 65.3 Å². The van der Waals surface area contributed by atoms with Crippen molar-refractivity contribution < 1.29 is 4.79 Å². The highest BCUT2D eigenvalue weighted by Crippen LogP contribution is 2.49. The number of nitrogens with zero attached hydrogens (tertiary/aromatic N) is 4. The number of halogens is 1. The molecule has 0 saturated heterocycles. The third-order valence-electron chi connectivity index (χ3n) is 6.55. The van der Waals surface area contributed by atoms with Crippen LogP contribution in [0.15, 0.2) is 41.2 Å². The van der Waals surface area contributed by atoms with E-state index in [4.69, 9.17) is 16.6 Å². The number of amides is 1. The summed E-state index contributed by atoms with van der Waals surface area (Å²) in [6, 6.07) is 13.1. The fraction of sp³-hybridized carbons (Fsp3) is 0.407. The van der Waals surface area contributed by atoms with Crippen molar-refractivity contribution in [1.29, 1.82) is 5.26 Å². The quantitative estimate of drug-likeness (QED) is 0.483. The zero-order chi connectivity index (χ0) is 25.2. The van der Waals surface area contributed by atoms with E-state index in [0.717, 1.165) is 0 Å². The smallest absolute Gasteiger partial charge is 0.277 e. The molecule has 34 heavy (non-hydrogen) atoms. The summed E-state index contributed by atoms with van der Waals surface area (Å²) in [5.41, 5.74) is 1.41. The van der Waals surface area contributed by atoms with Crippen LogP contribution in [0.2, 0.25) is 5.02 Å². The van der Waals surface area contributed by atoms with E-state index >= 15 is 0 Å². The van der Waals surface area contributed by atoms with Crippen LogP contribution < -0.4 is 10.5 Å². The van der Waals surface area contributed by atoms with Crippen LogP contribution in [0.3, 0.4) is 0 Å². The molecule has 1 aromatic heterocycles. The van der Waals surface area contributed by atoms with Gasteiger partial charge in [-0.1, -0.05) is 39.3 Å². The number of hydrogen-bond donors (Lipinski definition) is 0. The van der Waals surface area contributed by atoms with Gasteiger partial charge in [0.1, 0.15) is 5.69 Å². The van der Waals surface area contributed by atoms with Crippen molar-refractivity contribution in [2.75, 3.05) is 4.90 Å². The van der Waals surface area contributed by atoms with E-state index in [1.54, 1.807) is 33.7 Å². The largest absolute Gasteiger partial charge is 0.305 e. The van der Waals surface area contributed by atoms with Crippen molar-refractivity contribution in [3.63, 3.8) is 0 Å². The number of carbonyl (C=O) groups excluding carboxylic acids is 1. The predicted octanol–water partition coefficient (Wildman–Crippen LogP) is 5.72. The van der Waals surface area contributed by atoms with Crippen LogP contribution in [-0.2, 0) is 10.2 Å². The number of anilines is 1. The van der Waals surface area contributed by atoms with Crippen molar-refractivity contribution in [3.05, 3.63) is 63.0 Å². The second kappa shape index (κ2) is 7.95. The zero-order valence-electron chi connectivity index (χ0n) is 20.6. The van der Waals surface area contributed by atoms with E-state index in [9.17, 15) is 14.9 Å². The summed E-state index contributed by atoms with van der Waals surface area (Å²) in [7, 11) is 0. The van der Waals surface area contributed by atoms with Gasteiger partial charge in [-0.25, -0.2) is 4.98 Å². The standard InChI is InChI=1S/C27H29ClN4O2/c1-15(2)23-24(33)31(18-10-8-17(28)9-11-18)22-13-21-19(12-20(22)30-23)27(14-29,16(3)4)25(34)32(21)26(5,6)7/h8-13,15-16H,1-7H3. The molecule has 7 heteroatoms. The summed E-state index contributed by atoms with van der Waals surface area (Å²) in [5.74, 6) is -0.602. The Balaban J connectivity index is 2.19. The Morgan fingerprint density at radius 3 is 2.18 bits per heavy atom. The summed E-state index contributed by atoms with van der Waals surface area (Å²) in [4.78, 5) is 33.8. The average molecular weight is 477 g/mol. The highest BCUT2D eigenvalue weighted by Gasteiger charge is 2.56. The summed E-state index contributed by atoms with van der Waals surface area (Å²) < 4.78 is 1.63. The molecule has 1 unspecified atom stereocenters. The molecule has 1 amide bonds. The summed E-state index contributed by atoms with van der Waals surface area (Å²) in [5, 5.41) is 10.9. The van der Waals surface area contributed by atoms with Crippen LogP contribution in [0.25, 0.3) is 16.7 Å². The number of fused-ring (bicyclic) bond motifs is 2. The SMILES string of the molecule is CC(C)c1nc2cc3c(cc2n(-c2ccc(Cl)cc2)c1=O)N(C(C)(C)C)C(=O)C3(C#N)C(C)C. The summed E-state index contributed by atoms with van der Waals surface area (Å²) >= 11 is 6.10. The van der Waals surface area contributed by atoms with Crippen LogP contribution in [0.5, 0.6) is 0 Å². The number of carbonyl (C=O) groups is 1. The molecule has 0 N–H and O–H groups in total. The van der Waals surface area contributed by atoms with E-state index in [-0.39, 0.29) is 23.3 Å². The third-order valence-corrected chi connectivity index (χ3v) is 6.80. The van der Waals surface area contributed by atoms with E-state index < -0.39 is 11.0 Å². The minimum Gasteiger partial charge on any atom is -0.305 e. The number of hydrogen-bond acceptors (Lipinski definition) is 4. The lowest BCUT2D eigenvalue weighted by molar-refractivity contribution is -0.123. The molecule has 6 nitrogen and oxygen atoms in total. The van der Waals surface area contributed by atoms with Gasteiger partial charge in [-0.15, -0.1) is 0 Å². The fourth-order valence-electron chi connectivity index (χ4n) is 4.82. The van der Waals surface area contributed by atoms with Crippen molar-refractivity contribution in [1.82, 2.24) is 9.55 Å². The molecule has 3 aromatic rings. The monoisotopic (exact) mass is 476 g/mol. The predicted molar refractivity (Wildman–Crippen MR) is 136 cm³/mol. The summed E-state index contributed by atoms with van der Waals surface area (Å²) in [6.45, 7) is 13.5. The van der Waals surface area contributed by atoms with E-state index in [2.05, 4.69) is 6.07 Å². The Morgan fingerprint density at radius 1 is 1.06 bits per heavy atom. The molecule has 176 valence electrons. The maximum atomic E-state index is 13.8. The third kappa shape index (κ3) is 3.33. The topological polar surface area (TPSA) is 79.0 Å². The van der Waals surface area contributed by atoms with Crippen molar-refractivity contribution in [2.24, 2.45) is 5.92 Å². The van der Waals surface area contributed by atoms with Gasteiger partial charge < -0.3 is 4.90 Å². The van der Waals surface area contributed by atoms with Gasteiger partial charge in [-0.3, -0.25) is 14.2 Å². The van der Waals surface area contributed by atoms with Crippen LogP contribution in [0.1, 0.15) is 65.6 Å². The first-order valence-corrected chi connectivity index (χ1v) is 11.9. The number of nitriles is 1. The van der Waals surface area contributed by atoms with Gasteiger partial charge in [-0.05, 0) is 63.1 Å². The second-order valence-electron chi connectivity index (χ2n) is 10.5. The van der Waals surface area contributed by atoms with Crippen LogP contribution in [0, 0.1) is 17.2 Å². The molecule has 1 atom stereocenters. The lowest BCUT2D eigenvalue weighted by atomic mass is 9.73. The van der Waals surface area contributed by atoms with Gasteiger partial charge in [0.25, 0.3) is 11.5 Å². The second-order valence-corrected chi connectivity index (χ2v) is 10.9. The van der Waals surface area contributed by atoms with Gasteiger partial charge in [0.05, 0.1) is 22.8 Å². The Hall–Kier alpha value is -3.17. The van der Waals surface area contributed by atoms with Crippen LogP contribution in [-0.4, -0.2) is 21.0 Å². The van der Waals surface area contributed by atoms with E-state index in [0.29, 0.717) is 38.7 Å². The minimum absolute atomic E-state index is 0.109. The first-order chi connectivity index (χ1) is 15.8. The molecule has 1 aliphatic rings. The molecule has 0 aliphatic carbocycles. The molecular formula is C27H29ClN4O2. The molecule has 2 aromatic carbocycles. The Bertz CT molecular complexity index is 1410. The van der Waals surface area contributed by atoms with Gasteiger partial charge >= 0.3 is 0 Å². The molecule has 4 rings (SSSR count). The van der Waals surface area contributed by atoms with E-state index in [1.165, 1.54) is 0 Å². The Labute approximate surface area is 204 Å². The number of rotatable bonds is 3. The fourth-order valence-corrected chi connectivity index (χ4v) is 4.95. The molecular weight excluding hydrogens is 448 g/mol. The number of benzene rings is 2. The highest BCUT2D eigenvalue weighted by atomic mass is 35.5. The van der Waals surface area contributed by atoms with Gasteiger partial charge in [0, 0.05) is 27.7 Å². The molecule has 0 saturated carbocycles. The first-order valence-electron chi connectivity index (χ1n) is 11.5. The summed E-state index contributed by atoms with van der Waals surface area (Å²) in [6.07, 6.45) is 0. The average Bonchev–Trinajstić information content (AvgIpc) is 3.00. The van der Waals surface area contributed by atoms with E-state index in [1.807, 2.05) is 60.6 Å². The lowest BCUT2D eigenvalue weighted by Crippen LogP contribution is -2.50. The maximum Gasteiger partial charge on any atom is 0.277 e. The van der Waals surface area contributed by atoms with Crippen LogP contribution in [0.4, 0.5) is 5.69 Å². The van der Waals surface area contributed by atoms with Gasteiger partial charge in [0.15, 0.2) is 5.41 Å². The molecule has 1 aliphatic heterocycles. The molecule has 2 heterocycles. The zero-order valence-corrected chi connectivity index (χ0v) is 21.4. The highest BCUT2D eigenvalue weighted by molar-refractivity contribution is 6.30. The Kier molecular flexibility index (Phi) is 5.61. The molecule has 0 radical (unpaired) electrons. The van der Waals surface area contributed by atoms with Crippen LogP contribution >= 0.6 is 11.6 Å². The number of aromatic nitrogens is 2. The Morgan fingerprint density at radius 2 is 1.68 bits per heavy atom. The van der Waals surface area contributed by atoms with Crippen molar-refractivity contribution >= 4 is 34.2 Å². The normalized spacial score (nSPS) is 18.1. The maximum absolute atomic E-state index is 13.8. The lowest BCUT2D eigenvalue weighted by Gasteiger charge is -2.34. The van der Waals surface area contributed by atoms with Crippen molar-refractivity contribution in [3.8, 4) is 11.8 Å². The molecule has 0 bridgehead atoms. The molecule has 0 spiro atoms.